The SMILES string of the molecule is O=C(Cc1ccccn1)N1CCCC(c2cncc(-c3cccc(Cl)c3)n2)C1. The van der Waals surface area contributed by atoms with Crippen molar-refractivity contribution in [3.05, 3.63) is 77.5 Å². The van der Waals surface area contributed by atoms with Gasteiger partial charge in [0.25, 0.3) is 0 Å². The molecule has 142 valence electrons. The van der Waals surface area contributed by atoms with E-state index in [1.807, 2.05) is 53.6 Å². The lowest BCUT2D eigenvalue weighted by molar-refractivity contribution is -0.131. The maximum atomic E-state index is 12.7. The molecule has 1 atom stereocenters. The van der Waals surface area contributed by atoms with Crippen LogP contribution in [0, 0.1) is 0 Å². The first-order chi connectivity index (χ1) is 13.7. The molecule has 6 heteroatoms. The van der Waals surface area contributed by atoms with Gasteiger partial charge in [0.15, 0.2) is 0 Å². The second-order valence-electron chi connectivity index (χ2n) is 7.02. The van der Waals surface area contributed by atoms with Gasteiger partial charge in [-0.05, 0) is 37.1 Å². The first-order valence-corrected chi connectivity index (χ1v) is 9.82. The Labute approximate surface area is 169 Å². The standard InChI is InChI=1S/C22H21ClN4O/c23-18-7-3-5-16(11-18)20-13-24-14-21(26-20)17-6-4-10-27(15-17)22(28)12-19-8-1-2-9-25-19/h1-3,5,7-9,11,13-14,17H,4,6,10,12,15H2. The van der Waals surface area contributed by atoms with Gasteiger partial charge < -0.3 is 4.90 Å². The number of aromatic nitrogens is 3. The van der Waals surface area contributed by atoms with Crippen LogP contribution in [0.25, 0.3) is 11.3 Å². The monoisotopic (exact) mass is 392 g/mol. The van der Waals surface area contributed by atoms with Crippen molar-refractivity contribution in [3.63, 3.8) is 0 Å². The first-order valence-electron chi connectivity index (χ1n) is 9.44. The van der Waals surface area contributed by atoms with Crippen molar-refractivity contribution in [1.29, 1.82) is 0 Å². The highest BCUT2D eigenvalue weighted by Gasteiger charge is 2.26. The molecule has 0 aliphatic carbocycles. The molecule has 3 heterocycles. The summed E-state index contributed by atoms with van der Waals surface area (Å²) >= 11 is 6.11. The average molecular weight is 393 g/mol. The van der Waals surface area contributed by atoms with E-state index in [1.54, 1.807) is 12.4 Å². The van der Waals surface area contributed by atoms with Crippen LogP contribution in [0.5, 0.6) is 0 Å². The second kappa shape index (κ2) is 8.48. The van der Waals surface area contributed by atoms with Crippen molar-refractivity contribution in [3.8, 4) is 11.3 Å². The summed E-state index contributed by atoms with van der Waals surface area (Å²) in [6.45, 7) is 1.45. The fourth-order valence-electron chi connectivity index (χ4n) is 3.58. The van der Waals surface area contributed by atoms with E-state index < -0.39 is 0 Å². The van der Waals surface area contributed by atoms with E-state index in [0.29, 0.717) is 18.0 Å². The molecule has 1 aromatic carbocycles. The molecular weight excluding hydrogens is 372 g/mol. The van der Waals surface area contributed by atoms with E-state index in [4.69, 9.17) is 16.6 Å². The highest BCUT2D eigenvalue weighted by molar-refractivity contribution is 6.30. The summed E-state index contributed by atoms with van der Waals surface area (Å²) < 4.78 is 0. The van der Waals surface area contributed by atoms with E-state index >= 15 is 0 Å². The van der Waals surface area contributed by atoms with Crippen molar-refractivity contribution in [1.82, 2.24) is 19.9 Å². The topological polar surface area (TPSA) is 59.0 Å². The number of piperidine rings is 1. The lowest BCUT2D eigenvalue weighted by Crippen LogP contribution is -2.40. The van der Waals surface area contributed by atoms with Crippen LogP contribution in [-0.4, -0.2) is 38.8 Å². The van der Waals surface area contributed by atoms with Crippen molar-refractivity contribution >= 4 is 17.5 Å². The van der Waals surface area contributed by atoms with Gasteiger partial charge in [0.2, 0.25) is 5.91 Å². The number of likely N-dealkylation sites (tertiary alicyclic amines) is 1. The minimum Gasteiger partial charge on any atom is -0.342 e. The van der Waals surface area contributed by atoms with Gasteiger partial charge in [-0.3, -0.25) is 14.8 Å². The first kappa shape index (κ1) is 18.6. The quantitative estimate of drug-likeness (QED) is 0.669. The molecule has 0 radical (unpaired) electrons. The predicted molar refractivity (Wildman–Crippen MR) is 109 cm³/mol. The summed E-state index contributed by atoms with van der Waals surface area (Å²) in [6, 6.07) is 13.3. The number of rotatable bonds is 4. The third-order valence-corrected chi connectivity index (χ3v) is 5.26. The molecule has 1 unspecified atom stereocenters. The van der Waals surface area contributed by atoms with Crippen LogP contribution in [0.2, 0.25) is 5.02 Å². The summed E-state index contributed by atoms with van der Waals surface area (Å²) in [6.07, 6.45) is 7.58. The van der Waals surface area contributed by atoms with Crippen LogP contribution < -0.4 is 0 Å². The molecule has 1 aliphatic heterocycles. The maximum absolute atomic E-state index is 12.7. The fraction of sp³-hybridized carbons (Fsp3) is 0.273. The Morgan fingerprint density at radius 1 is 1.18 bits per heavy atom. The molecule has 0 saturated carbocycles. The van der Waals surface area contributed by atoms with Crippen LogP contribution in [0.3, 0.4) is 0 Å². The van der Waals surface area contributed by atoms with Crippen LogP contribution in [-0.2, 0) is 11.2 Å². The normalized spacial score (nSPS) is 16.8. The predicted octanol–water partition coefficient (Wildman–Crippen LogP) is 4.14. The molecule has 5 nitrogen and oxygen atoms in total. The molecule has 3 aromatic rings. The van der Waals surface area contributed by atoms with Gasteiger partial charge in [-0.25, -0.2) is 4.98 Å². The number of carbonyl (C=O) groups excluding carboxylic acids is 1. The van der Waals surface area contributed by atoms with Crippen molar-refractivity contribution in [2.24, 2.45) is 0 Å². The highest BCUT2D eigenvalue weighted by Crippen LogP contribution is 2.28. The molecule has 1 fully saturated rings. The molecule has 0 N–H and O–H groups in total. The van der Waals surface area contributed by atoms with E-state index in [-0.39, 0.29) is 11.8 Å². The molecular formula is C22H21ClN4O. The van der Waals surface area contributed by atoms with Gasteiger partial charge in [-0.1, -0.05) is 29.8 Å². The zero-order valence-corrected chi connectivity index (χ0v) is 16.2. The van der Waals surface area contributed by atoms with E-state index in [9.17, 15) is 4.79 Å². The molecule has 2 aromatic heterocycles. The second-order valence-corrected chi connectivity index (χ2v) is 7.45. The molecule has 0 bridgehead atoms. The number of pyridine rings is 1. The Kier molecular flexibility index (Phi) is 5.63. The number of hydrogen-bond donors (Lipinski definition) is 0. The van der Waals surface area contributed by atoms with Gasteiger partial charge in [-0.15, -0.1) is 0 Å². The Morgan fingerprint density at radius 2 is 2.11 bits per heavy atom. The van der Waals surface area contributed by atoms with Gasteiger partial charge in [0, 0.05) is 47.7 Å². The highest BCUT2D eigenvalue weighted by atomic mass is 35.5. The van der Waals surface area contributed by atoms with Crippen LogP contribution in [0.4, 0.5) is 0 Å². The Morgan fingerprint density at radius 3 is 2.93 bits per heavy atom. The molecule has 0 spiro atoms. The van der Waals surface area contributed by atoms with Gasteiger partial charge in [-0.2, -0.15) is 0 Å². The summed E-state index contributed by atoms with van der Waals surface area (Å²) in [4.78, 5) is 28.1. The van der Waals surface area contributed by atoms with Crippen molar-refractivity contribution in [2.75, 3.05) is 13.1 Å². The lowest BCUT2D eigenvalue weighted by Gasteiger charge is -2.32. The molecule has 1 amide bonds. The number of nitrogens with zero attached hydrogens (tertiary/aromatic N) is 4. The molecule has 28 heavy (non-hydrogen) atoms. The summed E-state index contributed by atoms with van der Waals surface area (Å²) in [5.41, 5.74) is 3.47. The zero-order chi connectivity index (χ0) is 19.3. The number of carbonyl (C=O) groups is 1. The Bertz CT molecular complexity index is 964. The molecule has 1 aliphatic rings. The number of amides is 1. The number of halogens is 1. The zero-order valence-electron chi connectivity index (χ0n) is 15.5. The Hall–Kier alpha value is -2.79. The smallest absolute Gasteiger partial charge is 0.228 e. The summed E-state index contributed by atoms with van der Waals surface area (Å²) in [5, 5.41) is 0.675. The van der Waals surface area contributed by atoms with Crippen molar-refractivity contribution in [2.45, 2.75) is 25.2 Å². The third-order valence-electron chi connectivity index (χ3n) is 5.02. The summed E-state index contributed by atoms with van der Waals surface area (Å²) in [7, 11) is 0. The molecule has 1 saturated heterocycles. The lowest BCUT2D eigenvalue weighted by atomic mass is 9.94. The van der Waals surface area contributed by atoms with Crippen LogP contribution in [0.1, 0.15) is 30.1 Å². The van der Waals surface area contributed by atoms with Crippen molar-refractivity contribution < 1.29 is 4.79 Å². The average Bonchev–Trinajstić information content (AvgIpc) is 2.75. The van der Waals surface area contributed by atoms with E-state index in [2.05, 4.69) is 9.97 Å². The van der Waals surface area contributed by atoms with Gasteiger partial charge in [0.05, 0.1) is 24.0 Å². The number of hydrogen-bond acceptors (Lipinski definition) is 4. The Balaban J connectivity index is 1.49. The third kappa shape index (κ3) is 4.37. The summed E-state index contributed by atoms with van der Waals surface area (Å²) in [5.74, 6) is 0.301. The fourth-order valence-corrected chi connectivity index (χ4v) is 3.77. The number of benzene rings is 1. The largest absolute Gasteiger partial charge is 0.342 e. The molecule has 4 rings (SSSR count). The van der Waals surface area contributed by atoms with Crippen LogP contribution >= 0.6 is 11.6 Å². The van der Waals surface area contributed by atoms with Gasteiger partial charge in [0.1, 0.15) is 0 Å². The maximum Gasteiger partial charge on any atom is 0.228 e. The van der Waals surface area contributed by atoms with Crippen LogP contribution in [0.15, 0.2) is 61.1 Å². The van der Waals surface area contributed by atoms with E-state index in [0.717, 1.165) is 42.0 Å². The minimum atomic E-state index is 0.113. The minimum absolute atomic E-state index is 0.113. The van der Waals surface area contributed by atoms with Gasteiger partial charge >= 0.3 is 0 Å². The van der Waals surface area contributed by atoms with E-state index in [1.165, 1.54) is 0 Å².